The van der Waals surface area contributed by atoms with Gasteiger partial charge >= 0.3 is 5.97 Å². The van der Waals surface area contributed by atoms with Crippen molar-refractivity contribution in [3.8, 4) is 0 Å². The summed E-state index contributed by atoms with van der Waals surface area (Å²) in [5, 5.41) is 3.26. The van der Waals surface area contributed by atoms with Gasteiger partial charge in [-0.1, -0.05) is 12.1 Å². The molecule has 1 aromatic carbocycles. The third-order valence-electron chi connectivity index (χ3n) is 4.14. The first kappa shape index (κ1) is 19.7. The second-order valence-electron chi connectivity index (χ2n) is 7.76. The third kappa shape index (κ3) is 6.66. The monoisotopic (exact) mass is 368 g/mol. The molecular weight excluding hydrogens is 340 g/mol. The van der Waals surface area contributed by atoms with Gasteiger partial charge in [-0.3, -0.25) is 14.8 Å². The average Bonchev–Trinajstić information content (AvgIpc) is 2.91. The van der Waals surface area contributed by atoms with E-state index in [1.807, 2.05) is 32.9 Å². The zero-order chi connectivity index (χ0) is 18.7. The summed E-state index contributed by atoms with van der Waals surface area (Å²) in [7, 11) is -3.24. The number of rotatable bonds is 6. The molecule has 2 atom stereocenters. The van der Waals surface area contributed by atoms with Crippen LogP contribution < -0.4 is 10.0 Å². The molecule has 7 heteroatoms. The first-order valence-electron chi connectivity index (χ1n) is 8.54. The Hall–Kier alpha value is -1.60. The number of nitrogens with one attached hydrogen (secondary N) is 2. The summed E-state index contributed by atoms with van der Waals surface area (Å²) in [4.78, 5) is 11.9. The Kier molecular flexibility index (Phi) is 6.11. The summed E-state index contributed by atoms with van der Waals surface area (Å²) in [6.45, 7) is 6.40. The largest absolute Gasteiger partial charge is 0.446 e. The lowest BCUT2D eigenvalue weighted by Gasteiger charge is -2.20. The molecule has 0 spiro atoms. The average molecular weight is 368 g/mol. The lowest BCUT2D eigenvalue weighted by Crippen LogP contribution is -2.33. The molecule has 2 unspecified atom stereocenters. The van der Waals surface area contributed by atoms with Crippen molar-refractivity contribution in [2.75, 3.05) is 17.5 Å². The van der Waals surface area contributed by atoms with Crippen LogP contribution in [-0.2, 0) is 26.0 Å². The summed E-state index contributed by atoms with van der Waals surface area (Å²) in [5.41, 5.74) is 1.25. The number of ether oxygens (including phenoxy) is 1. The molecule has 2 N–H and O–H groups in total. The topological polar surface area (TPSA) is 84.5 Å². The van der Waals surface area contributed by atoms with E-state index in [0.717, 1.165) is 37.6 Å². The number of esters is 1. The van der Waals surface area contributed by atoms with Gasteiger partial charge in [-0.05, 0) is 57.2 Å². The highest BCUT2D eigenvalue weighted by Gasteiger charge is 2.31. The van der Waals surface area contributed by atoms with Crippen molar-refractivity contribution in [2.24, 2.45) is 11.3 Å². The SMILES string of the molecule is CC(C)(C)C(=O)OC1CC(CCc2ccc(NS(C)(=O)=O)cc2)CN1. The predicted octanol–water partition coefficient (Wildman–Crippen LogP) is 2.52. The van der Waals surface area contributed by atoms with Gasteiger partial charge in [0.05, 0.1) is 11.7 Å². The number of hydrogen-bond donors (Lipinski definition) is 2. The van der Waals surface area contributed by atoms with Crippen LogP contribution in [0.15, 0.2) is 24.3 Å². The van der Waals surface area contributed by atoms with Crippen molar-refractivity contribution in [3.63, 3.8) is 0 Å². The van der Waals surface area contributed by atoms with Gasteiger partial charge in [-0.2, -0.15) is 0 Å². The standard InChI is InChI=1S/C18H28N2O4S/c1-18(2,3)17(21)24-16-11-14(12-19-16)6-5-13-7-9-15(10-8-13)20-25(4,22)23/h7-10,14,16,19-20H,5-6,11-12H2,1-4H3. The van der Waals surface area contributed by atoms with E-state index in [-0.39, 0.29) is 12.2 Å². The van der Waals surface area contributed by atoms with Crippen LogP contribution >= 0.6 is 0 Å². The minimum absolute atomic E-state index is 0.181. The highest BCUT2D eigenvalue weighted by molar-refractivity contribution is 7.92. The number of aryl methyl sites for hydroxylation is 1. The van der Waals surface area contributed by atoms with E-state index in [9.17, 15) is 13.2 Å². The Balaban J connectivity index is 1.78. The van der Waals surface area contributed by atoms with E-state index in [1.165, 1.54) is 0 Å². The Bertz CT molecular complexity index is 693. The first-order chi connectivity index (χ1) is 11.5. The summed E-state index contributed by atoms with van der Waals surface area (Å²) in [6.07, 6.45) is 3.67. The molecule has 140 valence electrons. The molecule has 0 aromatic heterocycles. The first-order valence-corrected chi connectivity index (χ1v) is 10.4. The summed E-state index contributed by atoms with van der Waals surface area (Å²) < 4.78 is 30.4. The van der Waals surface area contributed by atoms with Crippen LogP contribution in [0.4, 0.5) is 5.69 Å². The third-order valence-corrected chi connectivity index (χ3v) is 4.75. The molecule has 1 saturated heterocycles. The second-order valence-corrected chi connectivity index (χ2v) is 9.51. The second kappa shape index (κ2) is 7.74. The number of carbonyl (C=O) groups excluding carboxylic acids is 1. The normalized spacial score (nSPS) is 21.1. The molecule has 1 aliphatic rings. The molecule has 25 heavy (non-hydrogen) atoms. The minimum Gasteiger partial charge on any atom is -0.446 e. The molecule has 0 bridgehead atoms. The van der Waals surface area contributed by atoms with E-state index in [4.69, 9.17) is 4.74 Å². The molecule has 1 fully saturated rings. The number of anilines is 1. The van der Waals surface area contributed by atoms with E-state index < -0.39 is 15.4 Å². The van der Waals surface area contributed by atoms with Gasteiger partial charge < -0.3 is 4.74 Å². The molecule has 0 amide bonds. The molecular formula is C18H28N2O4S. The van der Waals surface area contributed by atoms with Crippen LogP contribution in [0.5, 0.6) is 0 Å². The van der Waals surface area contributed by atoms with Crippen molar-refractivity contribution >= 4 is 21.7 Å². The maximum absolute atomic E-state index is 11.9. The maximum Gasteiger partial charge on any atom is 0.312 e. The van der Waals surface area contributed by atoms with Crippen molar-refractivity contribution in [2.45, 2.75) is 46.3 Å². The highest BCUT2D eigenvalue weighted by atomic mass is 32.2. The molecule has 6 nitrogen and oxygen atoms in total. The molecule has 0 aliphatic carbocycles. The highest BCUT2D eigenvalue weighted by Crippen LogP contribution is 2.24. The Morgan fingerprint density at radius 3 is 2.48 bits per heavy atom. The van der Waals surface area contributed by atoms with Crippen LogP contribution in [0.2, 0.25) is 0 Å². The number of benzene rings is 1. The summed E-state index contributed by atoms with van der Waals surface area (Å²) >= 11 is 0. The van der Waals surface area contributed by atoms with Gasteiger partial charge in [-0.15, -0.1) is 0 Å². The fraction of sp³-hybridized carbons (Fsp3) is 0.611. The van der Waals surface area contributed by atoms with Crippen molar-refractivity contribution < 1.29 is 17.9 Å². The van der Waals surface area contributed by atoms with Crippen LogP contribution in [0.25, 0.3) is 0 Å². The van der Waals surface area contributed by atoms with Crippen molar-refractivity contribution in [1.82, 2.24) is 5.32 Å². The minimum atomic E-state index is -3.24. The fourth-order valence-corrected chi connectivity index (χ4v) is 3.27. The van der Waals surface area contributed by atoms with Crippen LogP contribution in [0.3, 0.4) is 0 Å². The Morgan fingerprint density at radius 2 is 1.92 bits per heavy atom. The van der Waals surface area contributed by atoms with Crippen LogP contribution in [-0.4, -0.2) is 33.4 Å². The fourth-order valence-electron chi connectivity index (χ4n) is 2.71. The predicted molar refractivity (Wildman–Crippen MR) is 98.7 cm³/mol. The van der Waals surface area contributed by atoms with E-state index >= 15 is 0 Å². The van der Waals surface area contributed by atoms with Gasteiger partial charge in [0, 0.05) is 18.7 Å². The zero-order valence-electron chi connectivity index (χ0n) is 15.3. The summed E-state index contributed by atoms with van der Waals surface area (Å²) in [6, 6.07) is 7.42. The van der Waals surface area contributed by atoms with Gasteiger partial charge in [0.1, 0.15) is 0 Å². The molecule has 1 aromatic rings. The van der Waals surface area contributed by atoms with Crippen LogP contribution in [0.1, 0.15) is 39.2 Å². The molecule has 2 rings (SSSR count). The summed E-state index contributed by atoms with van der Waals surface area (Å²) in [5.74, 6) is 0.284. The quantitative estimate of drug-likeness (QED) is 0.754. The Morgan fingerprint density at radius 1 is 1.28 bits per heavy atom. The van der Waals surface area contributed by atoms with Gasteiger partial charge in [0.15, 0.2) is 6.23 Å². The van der Waals surface area contributed by atoms with Gasteiger partial charge in [-0.25, -0.2) is 8.42 Å². The smallest absolute Gasteiger partial charge is 0.312 e. The molecule has 1 aliphatic heterocycles. The van der Waals surface area contributed by atoms with Crippen LogP contribution in [0, 0.1) is 11.3 Å². The Labute approximate surface area is 150 Å². The molecule has 1 heterocycles. The van der Waals surface area contributed by atoms with Crippen molar-refractivity contribution in [1.29, 1.82) is 0 Å². The number of hydrogen-bond acceptors (Lipinski definition) is 5. The number of carbonyl (C=O) groups is 1. The van der Waals surface area contributed by atoms with Gasteiger partial charge in [0.2, 0.25) is 10.0 Å². The zero-order valence-corrected chi connectivity index (χ0v) is 16.2. The molecule has 0 radical (unpaired) electrons. The van der Waals surface area contributed by atoms with Gasteiger partial charge in [0.25, 0.3) is 0 Å². The molecule has 0 saturated carbocycles. The van der Waals surface area contributed by atoms with E-state index in [2.05, 4.69) is 10.0 Å². The number of sulfonamides is 1. The van der Waals surface area contributed by atoms with E-state index in [1.54, 1.807) is 12.1 Å². The van der Waals surface area contributed by atoms with Crippen molar-refractivity contribution in [3.05, 3.63) is 29.8 Å². The van der Waals surface area contributed by atoms with E-state index in [0.29, 0.717) is 11.6 Å². The lowest BCUT2D eigenvalue weighted by atomic mass is 9.97. The maximum atomic E-state index is 11.9. The lowest BCUT2D eigenvalue weighted by molar-refractivity contribution is -0.159.